The average Bonchev–Trinajstić information content (AvgIpc) is 2.55. The molecule has 0 atom stereocenters. The number of alkyl halides is 3. The van der Waals surface area contributed by atoms with E-state index >= 15 is 0 Å². The number of nitrogens with one attached hydrogen (secondary N) is 2. The molecule has 25 heavy (non-hydrogen) atoms. The van der Waals surface area contributed by atoms with E-state index in [0.717, 1.165) is 6.42 Å². The molecule has 0 spiro atoms. The molecule has 0 saturated heterocycles. The number of rotatable bonds is 9. The maximum atomic E-state index is 12.3. The van der Waals surface area contributed by atoms with Gasteiger partial charge in [-0.1, -0.05) is 6.07 Å². The molecule has 0 radical (unpaired) electrons. The van der Waals surface area contributed by atoms with Crippen LogP contribution in [0.25, 0.3) is 0 Å². The summed E-state index contributed by atoms with van der Waals surface area (Å²) in [6.07, 6.45) is -2.20. The van der Waals surface area contributed by atoms with Gasteiger partial charge in [0, 0.05) is 45.1 Å². The smallest absolute Gasteiger partial charge is 0.422 e. The van der Waals surface area contributed by atoms with Crippen LogP contribution < -0.4 is 15.4 Å². The summed E-state index contributed by atoms with van der Waals surface area (Å²) in [4.78, 5) is 7.89. The molecule has 1 aromatic rings. The minimum Gasteiger partial charge on any atom is -0.468 e. The van der Waals surface area contributed by atoms with Crippen LogP contribution in [0.15, 0.2) is 23.3 Å². The van der Waals surface area contributed by atoms with Gasteiger partial charge >= 0.3 is 6.18 Å². The van der Waals surface area contributed by atoms with Crippen LogP contribution in [0.4, 0.5) is 13.2 Å². The van der Waals surface area contributed by atoms with Crippen molar-refractivity contribution in [1.82, 2.24) is 15.6 Å². The highest BCUT2D eigenvalue weighted by atomic mass is 127. The lowest BCUT2D eigenvalue weighted by molar-refractivity contribution is -0.154. The molecule has 0 saturated carbocycles. The van der Waals surface area contributed by atoms with Crippen LogP contribution in [0.1, 0.15) is 18.9 Å². The van der Waals surface area contributed by atoms with Crippen molar-refractivity contribution >= 4 is 29.9 Å². The van der Waals surface area contributed by atoms with Crippen LogP contribution in [0.5, 0.6) is 5.88 Å². The lowest BCUT2D eigenvalue weighted by Crippen LogP contribution is -2.37. The lowest BCUT2D eigenvalue weighted by atomic mass is 10.2. The molecule has 0 aliphatic carbocycles. The Morgan fingerprint density at radius 1 is 1.32 bits per heavy atom. The second kappa shape index (κ2) is 13.0. The maximum absolute atomic E-state index is 12.3. The minimum absolute atomic E-state index is 0. The Kier molecular flexibility index (Phi) is 12.3. The zero-order chi connectivity index (χ0) is 17.8. The predicted octanol–water partition coefficient (Wildman–Crippen LogP) is 2.73. The van der Waals surface area contributed by atoms with Crippen molar-refractivity contribution in [3.8, 4) is 5.88 Å². The minimum atomic E-state index is -4.40. The lowest BCUT2D eigenvalue weighted by Gasteiger charge is -2.14. The Bertz CT molecular complexity index is 516. The Morgan fingerprint density at radius 2 is 2.08 bits per heavy atom. The van der Waals surface area contributed by atoms with Crippen LogP contribution in [0, 0.1) is 0 Å². The third-order valence-electron chi connectivity index (χ3n) is 2.85. The first kappa shape index (κ1) is 23.7. The molecular formula is C15H24F3IN4O2. The number of guanidine groups is 1. The third-order valence-corrected chi connectivity index (χ3v) is 2.85. The predicted molar refractivity (Wildman–Crippen MR) is 101 cm³/mol. The first-order valence-corrected chi connectivity index (χ1v) is 7.62. The number of halogens is 4. The monoisotopic (exact) mass is 476 g/mol. The van der Waals surface area contributed by atoms with Gasteiger partial charge in [-0.15, -0.1) is 24.0 Å². The van der Waals surface area contributed by atoms with Crippen molar-refractivity contribution in [2.75, 3.05) is 33.4 Å². The van der Waals surface area contributed by atoms with Crippen LogP contribution in [0.2, 0.25) is 0 Å². The summed E-state index contributed by atoms with van der Waals surface area (Å²) in [7, 11) is 1.61. The van der Waals surface area contributed by atoms with Gasteiger partial charge in [0.05, 0.1) is 0 Å². The molecule has 0 fully saturated rings. The zero-order valence-corrected chi connectivity index (χ0v) is 16.6. The van der Waals surface area contributed by atoms with Crippen LogP contribution in [-0.2, 0) is 11.3 Å². The summed E-state index contributed by atoms with van der Waals surface area (Å²) in [6.45, 7) is 2.80. The largest absolute Gasteiger partial charge is 0.468 e. The van der Waals surface area contributed by atoms with Gasteiger partial charge in [-0.3, -0.25) is 4.99 Å². The molecule has 144 valence electrons. The first-order valence-electron chi connectivity index (χ1n) is 7.62. The molecule has 0 aliphatic rings. The van der Waals surface area contributed by atoms with Gasteiger partial charge in [0.15, 0.2) is 12.6 Å². The van der Waals surface area contributed by atoms with Crippen LogP contribution in [-0.4, -0.2) is 50.5 Å². The van der Waals surface area contributed by atoms with Gasteiger partial charge in [0.25, 0.3) is 0 Å². The molecule has 0 aromatic carbocycles. The summed E-state index contributed by atoms with van der Waals surface area (Å²) < 4.78 is 46.8. The zero-order valence-electron chi connectivity index (χ0n) is 14.2. The fourth-order valence-electron chi connectivity index (χ4n) is 1.76. The second-order valence-electron chi connectivity index (χ2n) is 4.77. The van der Waals surface area contributed by atoms with Gasteiger partial charge in [-0.25, -0.2) is 4.98 Å². The quantitative estimate of drug-likeness (QED) is 0.249. The van der Waals surface area contributed by atoms with E-state index in [1.54, 1.807) is 19.2 Å². The molecule has 1 aromatic heterocycles. The fourth-order valence-corrected chi connectivity index (χ4v) is 1.76. The Hall–Kier alpha value is -1.30. The van der Waals surface area contributed by atoms with Crippen molar-refractivity contribution in [2.45, 2.75) is 26.1 Å². The van der Waals surface area contributed by atoms with Crippen molar-refractivity contribution in [1.29, 1.82) is 0 Å². The maximum Gasteiger partial charge on any atom is 0.422 e. The molecular weight excluding hydrogens is 452 g/mol. The number of aromatic nitrogens is 1. The summed E-state index contributed by atoms with van der Waals surface area (Å²) in [6, 6.07) is 3.28. The normalized spacial score (nSPS) is 11.6. The molecule has 0 aliphatic heterocycles. The van der Waals surface area contributed by atoms with E-state index in [4.69, 9.17) is 9.47 Å². The van der Waals surface area contributed by atoms with Gasteiger partial charge < -0.3 is 20.1 Å². The fraction of sp³-hybridized carbons (Fsp3) is 0.600. The Morgan fingerprint density at radius 3 is 2.72 bits per heavy atom. The molecule has 10 heteroatoms. The van der Waals surface area contributed by atoms with Gasteiger partial charge in [0.2, 0.25) is 5.88 Å². The molecule has 0 unspecified atom stereocenters. The summed E-state index contributed by atoms with van der Waals surface area (Å²) >= 11 is 0. The number of ether oxygens (including phenoxy) is 2. The summed E-state index contributed by atoms with van der Waals surface area (Å²) in [5.74, 6) is 0.492. The van der Waals surface area contributed by atoms with Crippen molar-refractivity contribution in [2.24, 2.45) is 4.99 Å². The number of hydrogen-bond acceptors (Lipinski definition) is 4. The molecule has 1 rings (SSSR count). The SMILES string of the molecule is CCOCCCNC(=NC)NCc1cccnc1OCC(F)(F)F.I. The Balaban J connectivity index is 0.00000576. The third kappa shape index (κ3) is 11.0. The van der Waals surface area contributed by atoms with Crippen molar-refractivity contribution in [3.63, 3.8) is 0 Å². The van der Waals surface area contributed by atoms with Crippen molar-refractivity contribution in [3.05, 3.63) is 23.9 Å². The highest BCUT2D eigenvalue weighted by molar-refractivity contribution is 14.0. The van der Waals surface area contributed by atoms with Crippen LogP contribution >= 0.6 is 24.0 Å². The van der Waals surface area contributed by atoms with E-state index in [2.05, 4.69) is 20.6 Å². The molecule has 1 heterocycles. The molecule has 2 N–H and O–H groups in total. The first-order chi connectivity index (χ1) is 11.5. The highest BCUT2D eigenvalue weighted by Gasteiger charge is 2.29. The van der Waals surface area contributed by atoms with E-state index in [-0.39, 0.29) is 36.4 Å². The molecule has 6 nitrogen and oxygen atoms in total. The number of aliphatic imine (C=N–C) groups is 1. The standard InChI is InChI=1S/C15H23F3N4O2.HI/c1-3-23-9-5-8-21-14(19-2)22-10-12-6-4-7-20-13(12)24-11-15(16,17)18;/h4,6-7H,3,5,8-11H2,1-2H3,(H2,19,21,22);1H. The number of hydrogen-bond donors (Lipinski definition) is 2. The van der Waals surface area contributed by atoms with E-state index in [1.165, 1.54) is 6.20 Å². The van der Waals surface area contributed by atoms with Gasteiger partial charge in [-0.2, -0.15) is 13.2 Å². The highest BCUT2D eigenvalue weighted by Crippen LogP contribution is 2.19. The average molecular weight is 476 g/mol. The van der Waals surface area contributed by atoms with E-state index in [0.29, 0.717) is 31.3 Å². The summed E-state index contributed by atoms with van der Waals surface area (Å²) in [5.41, 5.74) is 0.513. The van der Waals surface area contributed by atoms with Crippen molar-refractivity contribution < 1.29 is 22.6 Å². The molecule has 0 bridgehead atoms. The second-order valence-corrected chi connectivity index (χ2v) is 4.77. The number of pyridine rings is 1. The topological polar surface area (TPSA) is 67.8 Å². The van der Waals surface area contributed by atoms with E-state index in [9.17, 15) is 13.2 Å². The molecule has 0 amide bonds. The summed E-state index contributed by atoms with van der Waals surface area (Å²) in [5, 5.41) is 6.10. The number of nitrogens with zero attached hydrogens (tertiary/aromatic N) is 2. The van der Waals surface area contributed by atoms with Gasteiger partial charge in [-0.05, 0) is 19.4 Å². The Labute approximate surface area is 162 Å². The van der Waals surface area contributed by atoms with E-state index in [1.807, 2.05) is 6.92 Å². The van der Waals surface area contributed by atoms with Gasteiger partial charge in [0.1, 0.15) is 0 Å². The van der Waals surface area contributed by atoms with E-state index < -0.39 is 12.8 Å². The van der Waals surface area contributed by atoms with Crippen LogP contribution in [0.3, 0.4) is 0 Å².